The number of anilines is 2. The van der Waals surface area contributed by atoms with E-state index in [0.29, 0.717) is 27.5 Å². The molecule has 4 aromatic rings. The highest BCUT2D eigenvalue weighted by molar-refractivity contribution is 7.90. The lowest BCUT2D eigenvalue weighted by atomic mass is 10.0. The van der Waals surface area contributed by atoms with Crippen LogP contribution < -0.4 is 16.0 Å². The number of nitrogens with one attached hydrogen (secondary N) is 3. The maximum atomic E-state index is 13.2. The zero-order chi connectivity index (χ0) is 27.1. The first-order chi connectivity index (χ1) is 18.2. The average molecular weight is 548 g/mol. The van der Waals surface area contributed by atoms with Gasteiger partial charge in [0.1, 0.15) is 6.04 Å². The van der Waals surface area contributed by atoms with Gasteiger partial charge in [-0.05, 0) is 47.5 Å². The molecule has 0 aliphatic rings. The molecule has 3 amide bonds. The Morgan fingerprint density at radius 3 is 2.16 bits per heavy atom. The van der Waals surface area contributed by atoms with Gasteiger partial charge in [0.15, 0.2) is 9.84 Å². The van der Waals surface area contributed by atoms with Crippen molar-refractivity contribution < 1.29 is 18.0 Å². The predicted molar refractivity (Wildman–Crippen MR) is 151 cm³/mol. The summed E-state index contributed by atoms with van der Waals surface area (Å²) >= 11 is 6.00. The Morgan fingerprint density at radius 1 is 0.789 bits per heavy atom. The third-order valence-corrected chi connectivity index (χ3v) is 7.13. The van der Waals surface area contributed by atoms with E-state index in [2.05, 4.69) is 16.0 Å². The topological polar surface area (TPSA) is 104 Å². The van der Waals surface area contributed by atoms with E-state index in [1.54, 1.807) is 72.8 Å². The lowest BCUT2D eigenvalue weighted by molar-refractivity contribution is -0.117. The molecule has 4 rings (SSSR count). The van der Waals surface area contributed by atoms with E-state index in [0.717, 1.165) is 5.56 Å². The number of urea groups is 1. The fourth-order valence-electron chi connectivity index (χ4n) is 3.94. The van der Waals surface area contributed by atoms with Crippen LogP contribution in [-0.2, 0) is 21.1 Å². The standard InChI is InChI=1S/C29H26ClN3O4S/c1-38(36,37)27-13-6-5-12-25(27)21-14-16-23(17-15-21)31-28(34)26(18-20-8-3-2-4-9-20)33-29(35)32-24-11-7-10-22(30)19-24/h2-17,19,26H,18H2,1H3,(H,31,34)(H2,32,33,35)/t26-/m1/s1. The van der Waals surface area contributed by atoms with Gasteiger partial charge >= 0.3 is 6.03 Å². The van der Waals surface area contributed by atoms with Gasteiger partial charge in [-0.15, -0.1) is 0 Å². The number of rotatable bonds is 8. The second-order valence-electron chi connectivity index (χ2n) is 8.69. The molecule has 0 aromatic heterocycles. The Morgan fingerprint density at radius 2 is 1.47 bits per heavy atom. The minimum absolute atomic E-state index is 0.231. The number of carbonyl (C=O) groups is 2. The third-order valence-electron chi connectivity index (χ3n) is 5.74. The number of hydrogen-bond acceptors (Lipinski definition) is 4. The first-order valence-corrected chi connectivity index (χ1v) is 14.0. The number of halogens is 1. The van der Waals surface area contributed by atoms with Crippen LogP contribution in [0.2, 0.25) is 5.02 Å². The van der Waals surface area contributed by atoms with E-state index in [1.807, 2.05) is 30.3 Å². The van der Waals surface area contributed by atoms with Crippen molar-refractivity contribution in [3.63, 3.8) is 0 Å². The van der Waals surface area contributed by atoms with Crippen LogP contribution >= 0.6 is 11.6 Å². The van der Waals surface area contributed by atoms with E-state index in [-0.39, 0.29) is 11.3 Å². The number of benzene rings is 4. The van der Waals surface area contributed by atoms with E-state index < -0.39 is 27.8 Å². The molecule has 0 spiro atoms. The highest BCUT2D eigenvalue weighted by Gasteiger charge is 2.22. The molecule has 0 radical (unpaired) electrons. The molecule has 7 nitrogen and oxygen atoms in total. The van der Waals surface area contributed by atoms with Crippen LogP contribution in [0.1, 0.15) is 5.56 Å². The fourth-order valence-corrected chi connectivity index (χ4v) is 5.04. The Bertz CT molecular complexity index is 1540. The van der Waals surface area contributed by atoms with Gasteiger partial charge in [-0.2, -0.15) is 0 Å². The Hall–Kier alpha value is -4.14. The molecule has 0 bridgehead atoms. The zero-order valence-electron chi connectivity index (χ0n) is 20.5. The highest BCUT2D eigenvalue weighted by Crippen LogP contribution is 2.28. The van der Waals surface area contributed by atoms with Crippen LogP contribution in [0.5, 0.6) is 0 Å². The quantitative estimate of drug-likeness (QED) is 0.260. The largest absolute Gasteiger partial charge is 0.326 e. The van der Waals surface area contributed by atoms with E-state index in [1.165, 1.54) is 6.26 Å². The molecule has 194 valence electrons. The molecule has 0 aliphatic heterocycles. The van der Waals surface area contributed by atoms with Crippen molar-refractivity contribution in [2.45, 2.75) is 17.4 Å². The molecular formula is C29H26ClN3O4S. The molecule has 0 unspecified atom stereocenters. The van der Waals surface area contributed by atoms with Gasteiger partial charge in [-0.3, -0.25) is 4.79 Å². The minimum Gasteiger partial charge on any atom is -0.326 e. The predicted octanol–water partition coefficient (Wildman–Crippen LogP) is 5.78. The first-order valence-electron chi connectivity index (χ1n) is 11.8. The second-order valence-corrected chi connectivity index (χ2v) is 11.1. The monoisotopic (exact) mass is 547 g/mol. The van der Waals surface area contributed by atoms with Crippen molar-refractivity contribution >= 4 is 44.8 Å². The maximum Gasteiger partial charge on any atom is 0.319 e. The van der Waals surface area contributed by atoms with Crippen molar-refractivity contribution in [3.05, 3.63) is 114 Å². The number of sulfone groups is 1. The van der Waals surface area contributed by atoms with Crippen molar-refractivity contribution in [1.82, 2.24) is 5.32 Å². The summed E-state index contributed by atoms with van der Waals surface area (Å²) in [6.07, 6.45) is 1.44. The van der Waals surface area contributed by atoms with Crippen LogP contribution in [-0.4, -0.2) is 32.7 Å². The van der Waals surface area contributed by atoms with Crippen LogP contribution in [0.25, 0.3) is 11.1 Å². The van der Waals surface area contributed by atoms with E-state index in [9.17, 15) is 18.0 Å². The normalized spacial score (nSPS) is 11.8. The summed E-state index contributed by atoms with van der Waals surface area (Å²) in [5, 5.41) is 8.76. The molecule has 38 heavy (non-hydrogen) atoms. The first kappa shape index (κ1) is 26.9. The molecule has 9 heteroatoms. The summed E-state index contributed by atoms with van der Waals surface area (Å²) in [6.45, 7) is 0. The number of amides is 3. The molecule has 4 aromatic carbocycles. The summed E-state index contributed by atoms with van der Waals surface area (Å²) in [7, 11) is -3.41. The van der Waals surface area contributed by atoms with Crippen LogP contribution in [0, 0.1) is 0 Å². The van der Waals surface area contributed by atoms with Gasteiger partial charge in [-0.25, -0.2) is 13.2 Å². The zero-order valence-corrected chi connectivity index (χ0v) is 22.1. The Labute approximate surface area is 226 Å². The third kappa shape index (κ3) is 7.21. The van der Waals surface area contributed by atoms with Crippen molar-refractivity contribution in [1.29, 1.82) is 0 Å². The summed E-state index contributed by atoms with van der Waals surface area (Å²) in [5.41, 5.74) is 3.16. The molecule has 0 saturated heterocycles. The van der Waals surface area contributed by atoms with Crippen molar-refractivity contribution in [3.8, 4) is 11.1 Å². The average Bonchev–Trinajstić information content (AvgIpc) is 2.89. The number of hydrogen-bond donors (Lipinski definition) is 3. The van der Waals surface area contributed by atoms with Gasteiger partial charge in [0.05, 0.1) is 4.90 Å². The number of carbonyl (C=O) groups excluding carboxylic acids is 2. The van der Waals surface area contributed by atoms with Crippen LogP contribution in [0.4, 0.5) is 16.2 Å². The lowest BCUT2D eigenvalue weighted by Gasteiger charge is -2.19. The molecule has 0 heterocycles. The van der Waals surface area contributed by atoms with Gasteiger partial charge in [0.2, 0.25) is 5.91 Å². The van der Waals surface area contributed by atoms with Gasteiger partial charge in [0.25, 0.3) is 0 Å². The molecular weight excluding hydrogens is 522 g/mol. The molecule has 1 atom stereocenters. The Balaban J connectivity index is 1.50. The van der Waals surface area contributed by atoms with Crippen LogP contribution in [0.15, 0.2) is 108 Å². The summed E-state index contributed by atoms with van der Waals surface area (Å²) in [6, 6.07) is 28.3. The van der Waals surface area contributed by atoms with Gasteiger partial charge in [0, 0.05) is 34.6 Å². The van der Waals surface area contributed by atoms with E-state index >= 15 is 0 Å². The SMILES string of the molecule is CS(=O)(=O)c1ccccc1-c1ccc(NC(=O)[C@@H](Cc2ccccc2)NC(=O)Nc2cccc(Cl)c2)cc1. The highest BCUT2D eigenvalue weighted by atomic mass is 35.5. The minimum atomic E-state index is -3.41. The van der Waals surface area contributed by atoms with Crippen LogP contribution in [0.3, 0.4) is 0 Å². The summed E-state index contributed by atoms with van der Waals surface area (Å²) in [4.78, 5) is 26.2. The summed E-state index contributed by atoms with van der Waals surface area (Å²) < 4.78 is 24.4. The van der Waals surface area contributed by atoms with E-state index in [4.69, 9.17) is 11.6 Å². The molecule has 3 N–H and O–H groups in total. The molecule has 0 saturated carbocycles. The summed E-state index contributed by atoms with van der Waals surface area (Å²) in [5.74, 6) is -0.403. The van der Waals surface area contributed by atoms with Gasteiger partial charge < -0.3 is 16.0 Å². The lowest BCUT2D eigenvalue weighted by Crippen LogP contribution is -2.46. The fraction of sp³-hybridized carbons (Fsp3) is 0.103. The molecule has 0 aliphatic carbocycles. The second kappa shape index (κ2) is 11.9. The van der Waals surface area contributed by atoms with Crippen molar-refractivity contribution in [2.24, 2.45) is 0 Å². The van der Waals surface area contributed by atoms with Gasteiger partial charge in [-0.1, -0.05) is 78.3 Å². The smallest absolute Gasteiger partial charge is 0.319 e. The Kier molecular flexibility index (Phi) is 8.45. The van der Waals surface area contributed by atoms with Crippen molar-refractivity contribution in [2.75, 3.05) is 16.9 Å². The molecule has 0 fully saturated rings. The maximum absolute atomic E-state index is 13.2.